The zero-order valence-corrected chi connectivity index (χ0v) is 26.3. The van der Waals surface area contributed by atoms with E-state index in [1.165, 1.54) is 11.7 Å². The Morgan fingerprint density at radius 3 is 2.30 bits per heavy atom. The normalized spacial score (nSPS) is 12.8. The number of carbonyl (C=O) groups excluding carboxylic acids is 3. The first kappa shape index (κ1) is 32.0. The van der Waals surface area contributed by atoms with Crippen molar-refractivity contribution in [2.75, 3.05) is 12.4 Å². The molecule has 0 aliphatic rings. The van der Waals surface area contributed by atoms with Crippen LogP contribution in [-0.4, -0.2) is 55.7 Å². The number of para-hydroxylation sites is 2. The minimum absolute atomic E-state index is 0.110. The molecular formula is C30H37N7O7. The minimum Gasteiger partial charge on any atom is -0.453 e. The maximum Gasteiger partial charge on any atom is 0.411 e. The number of amides is 2. The van der Waals surface area contributed by atoms with Crippen molar-refractivity contribution in [2.24, 2.45) is 5.92 Å². The first-order chi connectivity index (χ1) is 20.5. The molecule has 1 unspecified atom stereocenters. The molecule has 2 amide bonds. The summed E-state index contributed by atoms with van der Waals surface area (Å²) < 4.78 is 17.5. The first-order valence-electron chi connectivity index (χ1n) is 14.0. The molecule has 0 bridgehead atoms. The number of ether oxygens (including phenoxy) is 1. The van der Waals surface area contributed by atoms with Crippen LogP contribution in [-0.2, 0) is 26.9 Å². The lowest BCUT2D eigenvalue weighted by molar-refractivity contribution is -0.122. The Balaban J connectivity index is 1.59. The second-order valence-corrected chi connectivity index (χ2v) is 12.3. The molecule has 4 aromatic rings. The first-order valence-corrected chi connectivity index (χ1v) is 14.0. The molecule has 14 nitrogen and oxygen atoms in total. The van der Waals surface area contributed by atoms with Crippen molar-refractivity contribution in [2.45, 2.75) is 78.8 Å². The summed E-state index contributed by atoms with van der Waals surface area (Å²) in [4.78, 5) is 61.2. The number of ketones is 1. The number of oxazole rings is 1. The molecule has 0 spiro atoms. The van der Waals surface area contributed by atoms with E-state index in [1.807, 2.05) is 39.0 Å². The van der Waals surface area contributed by atoms with Gasteiger partial charge >= 0.3 is 6.09 Å². The number of methoxy groups -OCH3 is 1. The summed E-state index contributed by atoms with van der Waals surface area (Å²) in [5.74, 6) is -1.14. The molecule has 2 N–H and O–H groups in total. The van der Waals surface area contributed by atoms with Gasteiger partial charge < -0.3 is 18.9 Å². The van der Waals surface area contributed by atoms with Gasteiger partial charge in [-0.3, -0.25) is 24.3 Å². The van der Waals surface area contributed by atoms with Gasteiger partial charge in [0.15, 0.2) is 5.58 Å². The van der Waals surface area contributed by atoms with Crippen molar-refractivity contribution in [3.8, 4) is 0 Å². The number of fused-ring (bicyclic) bond motifs is 1. The zero-order chi connectivity index (χ0) is 32.6. The largest absolute Gasteiger partial charge is 0.453 e. The van der Waals surface area contributed by atoms with Crippen LogP contribution in [0.3, 0.4) is 0 Å². The molecule has 3 aromatic heterocycles. The minimum atomic E-state index is -1.05. The maximum absolute atomic E-state index is 13.5. The molecule has 3 heterocycles. The number of carbonyl (C=O) groups is 3. The Morgan fingerprint density at radius 1 is 1.00 bits per heavy atom. The van der Waals surface area contributed by atoms with Crippen LogP contribution in [0.2, 0.25) is 0 Å². The second kappa shape index (κ2) is 12.0. The summed E-state index contributed by atoms with van der Waals surface area (Å²) in [6, 6.07) is 6.24. The van der Waals surface area contributed by atoms with E-state index in [-0.39, 0.29) is 29.1 Å². The predicted octanol–water partition coefficient (Wildman–Crippen LogP) is 3.90. The number of benzene rings is 1. The number of aromatic nitrogens is 5. The van der Waals surface area contributed by atoms with Gasteiger partial charge in [-0.1, -0.05) is 46.8 Å². The average molecular weight is 608 g/mol. The Hall–Kier alpha value is -4.88. The van der Waals surface area contributed by atoms with Crippen LogP contribution in [0.1, 0.15) is 82.5 Å². The van der Waals surface area contributed by atoms with Gasteiger partial charge in [0.2, 0.25) is 23.5 Å². The average Bonchev–Trinajstić information content (AvgIpc) is 3.63. The number of hydrogen-bond donors (Lipinski definition) is 2. The summed E-state index contributed by atoms with van der Waals surface area (Å²) in [6.07, 6.45) is -0.852. The number of nitrogens with one attached hydrogen (secondary N) is 2. The van der Waals surface area contributed by atoms with Crippen LogP contribution in [0.15, 0.2) is 37.9 Å². The highest BCUT2D eigenvalue weighted by molar-refractivity contribution is 5.98. The standard InChI is InChI=1S/C30H37N7O7/c1-15(2)20(22(39)23-35-36-27(44-23)30(7,8)26-32-17-12-10-11-13-18(17)43-26)33-19(38)14-37-24(40)21(34-28(41)42-9)16(3)31-25(37)29(4,5)6/h10-13,15,20H,14H2,1-9H3,(H,33,38)(H,34,41). The third-order valence-corrected chi connectivity index (χ3v) is 7.00. The van der Waals surface area contributed by atoms with Gasteiger partial charge in [-0.25, -0.2) is 14.8 Å². The van der Waals surface area contributed by atoms with Gasteiger partial charge in [-0.15, -0.1) is 10.2 Å². The fourth-order valence-electron chi connectivity index (χ4n) is 4.51. The smallest absolute Gasteiger partial charge is 0.411 e. The molecule has 0 aliphatic heterocycles. The molecule has 44 heavy (non-hydrogen) atoms. The van der Waals surface area contributed by atoms with E-state index < -0.39 is 46.8 Å². The van der Waals surface area contributed by atoms with Crippen LogP contribution < -0.4 is 16.2 Å². The lowest BCUT2D eigenvalue weighted by Gasteiger charge is -2.25. The van der Waals surface area contributed by atoms with Crippen molar-refractivity contribution >= 4 is 34.6 Å². The van der Waals surface area contributed by atoms with Crippen molar-refractivity contribution in [1.29, 1.82) is 0 Å². The van der Waals surface area contributed by atoms with E-state index in [2.05, 4.69) is 35.5 Å². The Kier molecular flexibility index (Phi) is 8.75. The Bertz CT molecular complexity index is 1740. The van der Waals surface area contributed by atoms with E-state index in [0.29, 0.717) is 22.8 Å². The summed E-state index contributed by atoms with van der Waals surface area (Å²) in [6.45, 7) is 13.7. The molecule has 1 atom stereocenters. The van der Waals surface area contributed by atoms with Crippen LogP contribution in [0.5, 0.6) is 0 Å². The van der Waals surface area contributed by atoms with E-state index in [9.17, 15) is 19.2 Å². The van der Waals surface area contributed by atoms with Crippen molar-refractivity contribution in [3.05, 3.63) is 63.8 Å². The van der Waals surface area contributed by atoms with E-state index in [4.69, 9.17) is 8.83 Å². The fraction of sp³-hybridized carbons (Fsp3) is 0.467. The Morgan fingerprint density at radius 2 is 1.68 bits per heavy atom. The number of rotatable bonds is 9. The number of nitrogens with zero attached hydrogens (tertiary/aromatic N) is 5. The van der Waals surface area contributed by atoms with Gasteiger partial charge in [0.25, 0.3) is 11.4 Å². The molecule has 0 radical (unpaired) electrons. The quantitative estimate of drug-likeness (QED) is 0.263. The molecular weight excluding hydrogens is 570 g/mol. The highest BCUT2D eigenvalue weighted by Crippen LogP contribution is 2.32. The van der Waals surface area contributed by atoms with Gasteiger partial charge in [-0.05, 0) is 38.8 Å². The highest BCUT2D eigenvalue weighted by atomic mass is 16.5. The van der Waals surface area contributed by atoms with Crippen LogP contribution in [0.25, 0.3) is 11.1 Å². The van der Waals surface area contributed by atoms with Crippen molar-refractivity contribution < 1.29 is 28.0 Å². The van der Waals surface area contributed by atoms with Crippen LogP contribution >= 0.6 is 0 Å². The van der Waals surface area contributed by atoms with E-state index in [1.54, 1.807) is 40.7 Å². The summed E-state index contributed by atoms with van der Waals surface area (Å²) in [5, 5.41) is 13.1. The van der Waals surface area contributed by atoms with Gasteiger partial charge in [-0.2, -0.15) is 0 Å². The van der Waals surface area contributed by atoms with Gasteiger partial charge in [0.05, 0.1) is 18.8 Å². The number of aryl methyl sites for hydroxylation is 1. The Labute approximate surface area is 253 Å². The molecule has 0 fully saturated rings. The molecule has 0 saturated carbocycles. The van der Waals surface area contributed by atoms with Gasteiger partial charge in [0.1, 0.15) is 29.0 Å². The third kappa shape index (κ3) is 6.38. The second-order valence-electron chi connectivity index (χ2n) is 12.3. The lowest BCUT2D eigenvalue weighted by atomic mass is 9.93. The summed E-state index contributed by atoms with van der Waals surface area (Å²) in [7, 11) is 1.17. The lowest BCUT2D eigenvalue weighted by Crippen LogP contribution is -2.47. The monoisotopic (exact) mass is 607 g/mol. The van der Waals surface area contributed by atoms with Crippen molar-refractivity contribution in [1.82, 2.24) is 30.0 Å². The molecule has 4 rings (SSSR count). The topological polar surface area (TPSA) is 184 Å². The third-order valence-electron chi connectivity index (χ3n) is 7.00. The van der Waals surface area contributed by atoms with E-state index >= 15 is 0 Å². The van der Waals surface area contributed by atoms with Gasteiger partial charge in [0, 0.05) is 5.41 Å². The molecule has 14 heteroatoms. The van der Waals surface area contributed by atoms with E-state index in [0.717, 1.165) is 0 Å². The van der Waals surface area contributed by atoms with Crippen molar-refractivity contribution in [3.63, 3.8) is 0 Å². The SMILES string of the molecule is COC(=O)Nc1c(C)nc(C(C)(C)C)n(CC(=O)NC(C(=O)c2nnc(C(C)(C)c3nc4ccccc4o3)o2)C(C)C)c1=O. The molecule has 0 saturated heterocycles. The number of hydrogen-bond acceptors (Lipinski definition) is 11. The fourth-order valence-corrected chi connectivity index (χ4v) is 4.51. The predicted molar refractivity (Wildman–Crippen MR) is 159 cm³/mol. The maximum atomic E-state index is 13.5. The molecule has 0 aliphatic carbocycles. The molecule has 234 valence electrons. The highest BCUT2D eigenvalue weighted by Gasteiger charge is 2.37. The number of anilines is 1. The van der Waals surface area contributed by atoms with Crippen LogP contribution in [0.4, 0.5) is 10.5 Å². The van der Waals surface area contributed by atoms with Crippen LogP contribution in [0, 0.1) is 12.8 Å². The zero-order valence-electron chi connectivity index (χ0n) is 26.3. The summed E-state index contributed by atoms with van der Waals surface area (Å²) in [5.41, 5.74) is -0.819. The molecule has 1 aromatic carbocycles. The summed E-state index contributed by atoms with van der Waals surface area (Å²) >= 11 is 0. The number of Topliss-reactive ketones (excluding diaryl/α,β-unsaturated/α-hetero) is 1.